The lowest BCUT2D eigenvalue weighted by atomic mass is 10.00. The number of alkyl halides is 2. The molecule has 0 fully saturated rings. The van der Waals surface area contributed by atoms with Crippen LogP contribution in [0.15, 0.2) is 40.9 Å². The average Bonchev–Trinajstić information content (AvgIpc) is 3.27. The van der Waals surface area contributed by atoms with Gasteiger partial charge in [0, 0.05) is 24.2 Å². The summed E-state index contributed by atoms with van der Waals surface area (Å²) >= 11 is 0. The zero-order valence-electron chi connectivity index (χ0n) is 18.3. The largest absolute Gasteiger partial charge is 0.484 e. The first-order chi connectivity index (χ1) is 16.6. The number of amides is 1. The molecular weight excluding hydrogens is 444 g/mol. The van der Waals surface area contributed by atoms with E-state index in [1.54, 1.807) is 11.0 Å². The number of hydrogen-bond donors (Lipinski definition) is 1. The summed E-state index contributed by atoms with van der Waals surface area (Å²) in [6, 6.07) is 12.4. The van der Waals surface area contributed by atoms with Gasteiger partial charge in [-0.3, -0.25) is 4.79 Å². The van der Waals surface area contributed by atoms with Gasteiger partial charge >= 0.3 is 0 Å². The van der Waals surface area contributed by atoms with E-state index < -0.39 is 19.5 Å². The molecule has 1 amide bonds. The third-order valence-corrected chi connectivity index (χ3v) is 5.70. The number of ether oxygens (including phenoxy) is 1. The van der Waals surface area contributed by atoms with Gasteiger partial charge in [-0.05, 0) is 48.2 Å². The third kappa shape index (κ3) is 4.89. The summed E-state index contributed by atoms with van der Waals surface area (Å²) < 4.78 is 36.2. The van der Waals surface area contributed by atoms with Crippen LogP contribution >= 0.6 is 0 Å². The summed E-state index contributed by atoms with van der Waals surface area (Å²) in [5.41, 5.74) is 9.11. The first-order valence-electron chi connectivity index (χ1n) is 10.8. The van der Waals surface area contributed by atoms with Crippen molar-refractivity contribution in [3.8, 4) is 34.7 Å². The molecule has 1 aliphatic heterocycles. The molecule has 176 valence electrons. The van der Waals surface area contributed by atoms with Crippen molar-refractivity contribution < 1.29 is 22.8 Å². The van der Waals surface area contributed by atoms with E-state index in [0.29, 0.717) is 30.9 Å². The van der Waals surface area contributed by atoms with Crippen molar-refractivity contribution in [2.75, 3.05) is 33.0 Å². The molecular formula is C24H23F2N5O3. The molecule has 1 aliphatic rings. The summed E-state index contributed by atoms with van der Waals surface area (Å²) in [6.45, 7) is -0.773. The Bertz CT molecular complexity index is 1220. The molecule has 8 nitrogen and oxygen atoms in total. The van der Waals surface area contributed by atoms with Crippen molar-refractivity contribution in [3.63, 3.8) is 0 Å². The van der Waals surface area contributed by atoms with Crippen molar-refractivity contribution in [1.82, 2.24) is 15.0 Å². The number of rotatable bonds is 7. The second-order valence-corrected chi connectivity index (χ2v) is 7.86. The Hall–Kier alpha value is -3.84. The lowest BCUT2D eigenvalue weighted by Gasteiger charge is -2.18. The minimum Gasteiger partial charge on any atom is -0.484 e. The lowest BCUT2D eigenvalue weighted by molar-refractivity contribution is -0.129. The van der Waals surface area contributed by atoms with E-state index in [1.807, 2.05) is 24.3 Å². The SMILES string of the molecule is N#Cc1cc(-c2nc(-c3ccc4c(c3)CCN(C(=O)CN)CC4)no2)ccc1OC(CF)CF. The summed E-state index contributed by atoms with van der Waals surface area (Å²) in [7, 11) is 0. The molecule has 0 aliphatic carbocycles. The minimum absolute atomic E-state index is 0.000133. The fraction of sp³-hybridized carbons (Fsp3) is 0.333. The zero-order chi connectivity index (χ0) is 24.1. The number of carbonyl (C=O) groups is 1. The Morgan fingerprint density at radius 3 is 2.59 bits per heavy atom. The van der Waals surface area contributed by atoms with Crippen LogP contribution in [-0.4, -0.2) is 60.0 Å². The highest BCUT2D eigenvalue weighted by molar-refractivity contribution is 5.78. The Kier molecular flexibility index (Phi) is 7.13. The first-order valence-corrected chi connectivity index (χ1v) is 10.8. The van der Waals surface area contributed by atoms with Crippen LogP contribution in [0.25, 0.3) is 22.8 Å². The van der Waals surface area contributed by atoms with Crippen LogP contribution in [0.3, 0.4) is 0 Å². The van der Waals surface area contributed by atoms with Crippen molar-refractivity contribution in [2.24, 2.45) is 5.73 Å². The molecule has 0 spiro atoms. The van der Waals surface area contributed by atoms with Gasteiger partial charge in [0.25, 0.3) is 5.89 Å². The first kappa shape index (κ1) is 23.3. The van der Waals surface area contributed by atoms with Gasteiger partial charge < -0.3 is 19.9 Å². The Labute approximate surface area is 194 Å². The molecule has 0 saturated heterocycles. The number of benzene rings is 2. The maximum atomic E-state index is 12.8. The molecule has 2 aromatic carbocycles. The number of aromatic nitrogens is 2. The van der Waals surface area contributed by atoms with E-state index in [-0.39, 0.29) is 29.7 Å². The van der Waals surface area contributed by atoms with Gasteiger partial charge in [0.1, 0.15) is 25.2 Å². The molecule has 10 heteroatoms. The smallest absolute Gasteiger partial charge is 0.258 e. The summed E-state index contributed by atoms with van der Waals surface area (Å²) in [5, 5.41) is 13.5. The fourth-order valence-corrected chi connectivity index (χ4v) is 3.84. The number of nitrogens with two attached hydrogens (primary N) is 1. The molecule has 4 rings (SSSR count). The number of carbonyl (C=O) groups excluding carboxylic acids is 1. The van der Waals surface area contributed by atoms with Crippen LogP contribution < -0.4 is 10.5 Å². The quantitative estimate of drug-likeness (QED) is 0.568. The second-order valence-electron chi connectivity index (χ2n) is 7.86. The highest BCUT2D eigenvalue weighted by Gasteiger charge is 2.20. The minimum atomic E-state index is -1.26. The van der Waals surface area contributed by atoms with Crippen LogP contribution in [-0.2, 0) is 17.6 Å². The zero-order valence-corrected chi connectivity index (χ0v) is 18.3. The monoisotopic (exact) mass is 467 g/mol. The van der Waals surface area contributed by atoms with Crippen LogP contribution in [0.1, 0.15) is 16.7 Å². The number of fused-ring (bicyclic) bond motifs is 1. The molecule has 2 heterocycles. The topological polar surface area (TPSA) is 118 Å². The molecule has 0 saturated carbocycles. The van der Waals surface area contributed by atoms with Crippen LogP contribution in [0, 0.1) is 11.3 Å². The number of halogens is 2. The Morgan fingerprint density at radius 1 is 1.15 bits per heavy atom. The summed E-state index contributed by atoms with van der Waals surface area (Å²) in [4.78, 5) is 18.2. The molecule has 2 N–H and O–H groups in total. The van der Waals surface area contributed by atoms with Gasteiger partial charge in [0.2, 0.25) is 11.7 Å². The van der Waals surface area contributed by atoms with E-state index in [1.165, 1.54) is 12.1 Å². The van der Waals surface area contributed by atoms with Gasteiger partial charge in [-0.15, -0.1) is 0 Å². The molecule has 0 bridgehead atoms. The maximum Gasteiger partial charge on any atom is 0.258 e. The predicted molar refractivity (Wildman–Crippen MR) is 119 cm³/mol. The molecule has 0 atom stereocenters. The standard InChI is InChI=1S/C24H23F2N5O3/c25-11-20(12-26)33-21-4-3-18(10-19(21)13-27)24-29-23(30-34-24)17-2-1-15-5-7-31(22(32)14-28)8-6-16(15)9-17/h1-4,9-10,20H,5-8,11-12,14,28H2. The molecule has 0 radical (unpaired) electrons. The summed E-state index contributed by atoms with van der Waals surface area (Å²) in [5.74, 6) is 0.596. The van der Waals surface area contributed by atoms with Gasteiger partial charge in [-0.2, -0.15) is 10.2 Å². The summed E-state index contributed by atoms with van der Waals surface area (Å²) in [6.07, 6.45) is 0.183. The normalized spacial score (nSPS) is 13.3. The molecule has 3 aromatic rings. The average molecular weight is 467 g/mol. The van der Waals surface area contributed by atoms with Crippen molar-refractivity contribution in [1.29, 1.82) is 5.26 Å². The number of nitriles is 1. The van der Waals surface area contributed by atoms with Gasteiger partial charge in [0.05, 0.1) is 12.1 Å². The molecule has 34 heavy (non-hydrogen) atoms. The van der Waals surface area contributed by atoms with Crippen molar-refractivity contribution in [2.45, 2.75) is 18.9 Å². The van der Waals surface area contributed by atoms with E-state index in [0.717, 1.165) is 23.1 Å². The lowest BCUT2D eigenvalue weighted by Crippen LogP contribution is -2.37. The van der Waals surface area contributed by atoms with E-state index in [4.69, 9.17) is 15.0 Å². The van der Waals surface area contributed by atoms with Crippen molar-refractivity contribution >= 4 is 5.91 Å². The predicted octanol–water partition coefficient (Wildman–Crippen LogP) is 2.85. The van der Waals surface area contributed by atoms with Crippen LogP contribution in [0.5, 0.6) is 5.75 Å². The van der Waals surface area contributed by atoms with Gasteiger partial charge in [-0.25, -0.2) is 8.78 Å². The van der Waals surface area contributed by atoms with E-state index in [9.17, 15) is 18.8 Å². The number of nitrogens with zero attached hydrogens (tertiary/aromatic N) is 4. The van der Waals surface area contributed by atoms with Crippen molar-refractivity contribution in [3.05, 3.63) is 53.1 Å². The highest BCUT2D eigenvalue weighted by Crippen LogP contribution is 2.29. The van der Waals surface area contributed by atoms with Gasteiger partial charge in [-0.1, -0.05) is 17.3 Å². The number of hydrogen-bond acceptors (Lipinski definition) is 7. The second kappa shape index (κ2) is 10.4. The molecule has 0 unspecified atom stereocenters. The molecule has 1 aromatic heterocycles. The fourth-order valence-electron chi connectivity index (χ4n) is 3.84. The Morgan fingerprint density at radius 2 is 1.88 bits per heavy atom. The maximum absolute atomic E-state index is 12.8. The Balaban J connectivity index is 1.55. The van der Waals surface area contributed by atoms with Gasteiger partial charge in [0.15, 0.2) is 6.10 Å². The van der Waals surface area contributed by atoms with Crippen LogP contribution in [0.4, 0.5) is 8.78 Å². The van der Waals surface area contributed by atoms with E-state index >= 15 is 0 Å². The van der Waals surface area contributed by atoms with E-state index in [2.05, 4.69) is 10.1 Å². The van der Waals surface area contributed by atoms with Crippen LogP contribution in [0.2, 0.25) is 0 Å². The third-order valence-electron chi connectivity index (χ3n) is 5.70. The highest BCUT2D eigenvalue weighted by atomic mass is 19.1.